The van der Waals surface area contributed by atoms with E-state index in [2.05, 4.69) is 4.98 Å². The molecule has 0 atom stereocenters. The fourth-order valence-corrected chi connectivity index (χ4v) is 2.56. The number of aromatic hydroxyl groups is 1. The number of phenolic OH excluding ortho intramolecular Hbond substituents is 1. The van der Waals surface area contributed by atoms with Gasteiger partial charge in [0.05, 0.1) is 6.61 Å². The van der Waals surface area contributed by atoms with Gasteiger partial charge in [0.15, 0.2) is 11.5 Å². The largest absolute Gasteiger partial charge is 0.508 e. The van der Waals surface area contributed by atoms with E-state index in [4.69, 9.17) is 14.3 Å². The highest BCUT2D eigenvalue weighted by atomic mass is 16.5. The molecule has 3 aromatic heterocycles. The zero-order chi connectivity index (χ0) is 15.8. The van der Waals surface area contributed by atoms with Crippen molar-refractivity contribution in [1.82, 2.24) is 9.38 Å². The maximum atomic E-state index is 9.58. The number of benzene rings is 1. The molecule has 23 heavy (non-hydrogen) atoms. The lowest BCUT2D eigenvalue weighted by molar-refractivity contribution is 0.196. The number of furan rings is 1. The van der Waals surface area contributed by atoms with Crippen LogP contribution in [0.5, 0.6) is 11.6 Å². The average molecular weight is 310 g/mol. The van der Waals surface area contributed by atoms with Gasteiger partial charge in [0, 0.05) is 11.6 Å². The zero-order valence-electron chi connectivity index (χ0n) is 12.1. The molecule has 0 unspecified atom stereocenters. The molecule has 0 aliphatic carbocycles. The first-order valence-corrected chi connectivity index (χ1v) is 7.20. The van der Waals surface area contributed by atoms with Crippen LogP contribution in [0.2, 0.25) is 0 Å². The summed E-state index contributed by atoms with van der Waals surface area (Å²) in [4.78, 5) is 4.55. The Kier molecular flexibility index (Phi) is 3.17. The lowest BCUT2D eigenvalue weighted by Crippen LogP contribution is -2.04. The molecule has 6 heteroatoms. The van der Waals surface area contributed by atoms with E-state index in [1.807, 2.05) is 30.5 Å². The summed E-state index contributed by atoms with van der Waals surface area (Å²) < 4.78 is 13.3. The number of aliphatic hydroxyl groups excluding tert-OH is 1. The lowest BCUT2D eigenvalue weighted by atomic mass is 10.2. The second kappa shape index (κ2) is 5.33. The van der Waals surface area contributed by atoms with Crippen molar-refractivity contribution in [2.45, 2.75) is 0 Å². The molecular formula is C17H14N2O4. The number of aromatic nitrogens is 2. The number of hydrogen-bond donors (Lipinski definition) is 2. The first kappa shape index (κ1) is 13.7. The van der Waals surface area contributed by atoms with Crippen molar-refractivity contribution in [3.8, 4) is 23.1 Å². The summed E-state index contributed by atoms with van der Waals surface area (Å²) in [5, 5.41) is 19.4. The molecule has 4 rings (SSSR count). The normalized spacial score (nSPS) is 11.3. The highest BCUT2D eigenvalue weighted by molar-refractivity contribution is 5.84. The van der Waals surface area contributed by atoms with Crippen LogP contribution < -0.4 is 4.74 Å². The lowest BCUT2D eigenvalue weighted by Gasteiger charge is -2.05. The van der Waals surface area contributed by atoms with Gasteiger partial charge in [0.25, 0.3) is 0 Å². The van der Waals surface area contributed by atoms with Crippen molar-refractivity contribution in [3.05, 3.63) is 48.7 Å². The maximum absolute atomic E-state index is 9.58. The predicted octanol–water partition coefficient (Wildman–Crippen LogP) is 2.82. The molecule has 0 aliphatic heterocycles. The van der Waals surface area contributed by atoms with E-state index in [1.54, 1.807) is 22.6 Å². The Hall–Kier alpha value is -2.99. The minimum Gasteiger partial charge on any atom is -0.508 e. The second-order valence-electron chi connectivity index (χ2n) is 5.10. The van der Waals surface area contributed by atoms with E-state index < -0.39 is 0 Å². The van der Waals surface area contributed by atoms with Crippen LogP contribution in [0.3, 0.4) is 0 Å². The molecule has 1 aromatic carbocycles. The van der Waals surface area contributed by atoms with Gasteiger partial charge in [-0.3, -0.25) is 4.40 Å². The van der Waals surface area contributed by atoms with Crippen molar-refractivity contribution in [1.29, 1.82) is 0 Å². The first-order chi connectivity index (χ1) is 11.3. The first-order valence-electron chi connectivity index (χ1n) is 7.20. The fourth-order valence-electron chi connectivity index (χ4n) is 2.56. The number of ether oxygens (including phenoxy) is 1. The Morgan fingerprint density at radius 1 is 1.17 bits per heavy atom. The van der Waals surface area contributed by atoms with Crippen LogP contribution in [0, 0.1) is 0 Å². The highest BCUT2D eigenvalue weighted by Gasteiger charge is 2.19. The van der Waals surface area contributed by atoms with Gasteiger partial charge >= 0.3 is 0 Å². The van der Waals surface area contributed by atoms with Crippen molar-refractivity contribution < 1.29 is 19.4 Å². The molecule has 0 radical (unpaired) electrons. The topological polar surface area (TPSA) is 80.1 Å². The molecule has 0 spiro atoms. The molecular weight excluding hydrogens is 296 g/mol. The van der Waals surface area contributed by atoms with Crippen LogP contribution in [-0.2, 0) is 0 Å². The molecule has 116 valence electrons. The van der Waals surface area contributed by atoms with Gasteiger partial charge in [-0.2, -0.15) is 0 Å². The summed E-state index contributed by atoms with van der Waals surface area (Å²) in [6.07, 6.45) is 1.84. The maximum Gasteiger partial charge on any atom is 0.230 e. The molecule has 0 saturated heterocycles. The number of aliphatic hydroxyl groups is 1. The van der Waals surface area contributed by atoms with Gasteiger partial charge in [-0.15, -0.1) is 0 Å². The van der Waals surface area contributed by atoms with Crippen molar-refractivity contribution >= 4 is 16.6 Å². The smallest absolute Gasteiger partial charge is 0.230 e. The molecule has 0 amide bonds. The average Bonchev–Trinajstić information content (AvgIpc) is 3.13. The third-order valence-electron chi connectivity index (χ3n) is 3.55. The summed E-state index contributed by atoms with van der Waals surface area (Å²) in [7, 11) is 0. The third kappa shape index (κ3) is 2.29. The van der Waals surface area contributed by atoms with Gasteiger partial charge in [0.2, 0.25) is 5.88 Å². The van der Waals surface area contributed by atoms with Crippen LogP contribution in [0.4, 0.5) is 0 Å². The molecule has 6 nitrogen and oxygen atoms in total. The van der Waals surface area contributed by atoms with Crippen LogP contribution >= 0.6 is 0 Å². The Balaban J connectivity index is 1.91. The molecule has 0 saturated carbocycles. The quantitative estimate of drug-likeness (QED) is 0.606. The zero-order valence-corrected chi connectivity index (χ0v) is 12.1. The van der Waals surface area contributed by atoms with Crippen molar-refractivity contribution in [2.75, 3.05) is 13.2 Å². The Bertz CT molecular complexity index is 987. The summed E-state index contributed by atoms with van der Waals surface area (Å²) in [6.45, 7) is 0.0736. The summed E-state index contributed by atoms with van der Waals surface area (Å²) in [5.74, 6) is 1.23. The van der Waals surface area contributed by atoms with Gasteiger partial charge in [-0.05, 0) is 36.4 Å². The summed E-state index contributed by atoms with van der Waals surface area (Å²) in [5.41, 5.74) is 1.93. The van der Waals surface area contributed by atoms with Crippen molar-refractivity contribution in [2.24, 2.45) is 0 Å². The van der Waals surface area contributed by atoms with E-state index in [1.165, 1.54) is 0 Å². The van der Waals surface area contributed by atoms with Crippen LogP contribution in [0.25, 0.3) is 28.1 Å². The molecule has 2 N–H and O–H groups in total. The van der Waals surface area contributed by atoms with Crippen LogP contribution in [0.1, 0.15) is 0 Å². The minimum absolute atomic E-state index is 0.0898. The number of pyridine rings is 1. The van der Waals surface area contributed by atoms with Crippen LogP contribution in [0.15, 0.2) is 53.1 Å². The SMILES string of the molecule is OCCOc1c(-c2cc3cc(O)ccc3o2)nc2ccccn12. The van der Waals surface area contributed by atoms with E-state index in [0.29, 0.717) is 22.9 Å². The third-order valence-corrected chi connectivity index (χ3v) is 3.55. The summed E-state index contributed by atoms with van der Waals surface area (Å²) >= 11 is 0. The standard InChI is InChI=1S/C17H14N2O4/c20-7-8-22-17-16(18-15-3-1-2-6-19(15)17)14-10-11-9-12(21)4-5-13(11)23-14/h1-6,9-10,20-21H,7-8H2. The predicted molar refractivity (Wildman–Crippen MR) is 84.6 cm³/mol. The van der Waals surface area contributed by atoms with Crippen LogP contribution in [-0.4, -0.2) is 32.8 Å². The highest BCUT2D eigenvalue weighted by Crippen LogP contribution is 2.35. The number of rotatable bonds is 4. The Morgan fingerprint density at radius 2 is 2.09 bits per heavy atom. The summed E-state index contributed by atoms with van der Waals surface area (Å²) in [6, 6.07) is 12.3. The van der Waals surface area contributed by atoms with Gasteiger partial charge in [-0.1, -0.05) is 6.07 Å². The van der Waals surface area contributed by atoms with E-state index in [9.17, 15) is 5.11 Å². The van der Waals surface area contributed by atoms with Gasteiger partial charge in [-0.25, -0.2) is 4.98 Å². The van der Waals surface area contributed by atoms with E-state index in [0.717, 1.165) is 11.0 Å². The number of fused-ring (bicyclic) bond motifs is 2. The molecule has 4 aromatic rings. The van der Waals surface area contributed by atoms with E-state index >= 15 is 0 Å². The van der Waals surface area contributed by atoms with Gasteiger partial charge < -0.3 is 19.4 Å². The Labute approximate surface area is 131 Å². The fraction of sp³-hybridized carbons (Fsp3) is 0.118. The number of hydrogen-bond acceptors (Lipinski definition) is 5. The van der Waals surface area contributed by atoms with Gasteiger partial charge in [0.1, 0.15) is 23.6 Å². The molecule has 0 bridgehead atoms. The number of nitrogens with zero attached hydrogens (tertiary/aromatic N) is 2. The number of imidazole rings is 1. The molecule has 3 heterocycles. The monoisotopic (exact) mass is 310 g/mol. The Morgan fingerprint density at radius 3 is 2.96 bits per heavy atom. The minimum atomic E-state index is -0.0898. The number of phenols is 1. The molecule has 0 fully saturated rings. The molecule has 0 aliphatic rings. The van der Waals surface area contributed by atoms with E-state index in [-0.39, 0.29) is 19.0 Å². The van der Waals surface area contributed by atoms with Crippen molar-refractivity contribution in [3.63, 3.8) is 0 Å². The second-order valence-corrected chi connectivity index (χ2v) is 5.10.